The average molecular weight is 229 g/mol. The first-order valence-corrected chi connectivity index (χ1v) is 5.39. The second-order valence-corrected chi connectivity index (χ2v) is 3.84. The molecule has 0 unspecified atom stereocenters. The van der Waals surface area contributed by atoms with E-state index in [0.29, 0.717) is 26.2 Å². The molecule has 0 radical (unpaired) electrons. The molecule has 16 heavy (non-hydrogen) atoms. The predicted molar refractivity (Wildman–Crippen MR) is 59.0 cm³/mol. The Morgan fingerprint density at radius 2 is 1.88 bits per heavy atom. The van der Waals surface area contributed by atoms with Gasteiger partial charge in [-0.05, 0) is 7.05 Å². The van der Waals surface area contributed by atoms with Crippen LogP contribution in [-0.2, 0) is 14.3 Å². The van der Waals surface area contributed by atoms with Crippen LogP contribution < -0.4 is 5.32 Å². The Labute approximate surface area is 95.5 Å². The van der Waals surface area contributed by atoms with Gasteiger partial charge in [-0.3, -0.25) is 9.59 Å². The van der Waals surface area contributed by atoms with Gasteiger partial charge in [-0.25, -0.2) is 0 Å². The number of hydrogen-bond donors (Lipinski definition) is 1. The first-order valence-electron chi connectivity index (χ1n) is 5.39. The maximum absolute atomic E-state index is 11.7. The van der Waals surface area contributed by atoms with Crippen molar-refractivity contribution in [1.29, 1.82) is 0 Å². The molecule has 1 saturated heterocycles. The summed E-state index contributed by atoms with van der Waals surface area (Å²) in [6, 6.07) is 0. The molecule has 1 heterocycles. The third-order valence-electron chi connectivity index (χ3n) is 2.58. The van der Waals surface area contributed by atoms with Crippen LogP contribution in [-0.4, -0.2) is 75.1 Å². The zero-order valence-electron chi connectivity index (χ0n) is 9.86. The molecule has 0 saturated carbocycles. The van der Waals surface area contributed by atoms with Gasteiger partial charge in [0.1, 0.15) is 0 Å². The first kappa shape index (κ1) is 12.9. The molecule has 0 bridgehead atoms. The van der Waals surface area contributed by atoms with Crippen LogP contribution in [0.1, 0.15) is 0 Å². The van der Waals surface area contributed by atoms with Crippen LogP contribution in [0, 0.1) is 0 Å². The standard InChI is InChI=1S/C10H19N3O3/c1-12-4-6-13(7-5-12)10(15)9(14)11-3-8-16-2/h3-8H2,1-2H3,(H,11,14). The van der Waals surface area contributed by atoms with Crippen molar-refractivity contribution in [3.63, 3.8) is 0 Å². The molecule has 0 aromatic carbocycles. The molecule has 0 spiro atoms. The predicted octanol–water partition coefficient (Wildman–Crippen LogP) is -1.48. The molecular weight excluding hydrogens is 210 g/mol. The summed E-state index contributed by atoms with van der Waals surface area (Å²) in [6.07, 6.45) is 0. The smallest absolute Gasteiger partial charge is 0.311 e. The van der Waals surface area contributed by atoms with Crippen molar-refractivity contribution in [2.24, 2.45) is 0 Å². The highest BCUT2D eigenvalue weighted by molar-refractivity contribution is 6.35. The van der Waals surface area contributed by atoms with E-state index in [1.165, 1.54) is 0 Å². The van der Waals surface area contributed by atoms with Gasteiger partial charge in [0.05, 0.1) is 6.61 Å². The van der Waals surface area contributed by atoms with Gasteiger partial charge in [-0.15, -0.1) is 0 Å². The third-order valence-corrected chi connectivity index (χ3v) is 2.58. The lowest BCUT2D eigenvalue weighted by Gasteiger charge is -2.31. The number of carbonyl (C=O) groups excluding carboxylic acids is 2. The minimum atomic E-state index is -0.540. The summed E-state index contributed by atoms with van der Waals surface area (Å²) in [7, 11) is 3.55. The molecule has 1 aliphatic rings. The number of ether oxygens (including phenoxy) is 1. The van der Waals surface area contributed by atoms with Crippen molar-refractivity contribution in [1.82, 2.24) is 15.1 Å². The van der Waals surface area contributed by atoms with Crippen LogP contribution in [0.4, 0.5) is 0 Å². The highest BCUT2D eigenvalue weighted by Gasteiger charge is 2.24. The van der Waals surface area contributed by atoms with Crippen LogP contribution in [0.3, 0.4) is 0 Å². The Morgan fingerprint density at radius 1 is 1.25 bits per heavy atom. The largest absolute Gasteiger partial charge is 0.383 e. The fraction of sp³-hybridized carbons (Fsp3) is 0.800. The lowest BCUT2D eigenvalue weighted by Crippen LogP contribution is -2.51. The molecule has 1 aliphatic heterocycles. The molecule has 1 N–H and O–H groups in total. The monoisotopic (exact) mass is 229 g/mol. The van der Waals surface area contributed by atoms with Crippen molar-refractivity contribution in [3.8, 4) is 0 Å². The molecule has 6 nitrogen and oxygen atoms in total. The minimum Gasteiger partial charge on any atom is -0.383 e. The summed E-state index contributed by atoms with van der Waals surface area (Å²) in [5.74, 6) is -0.981. The zero-order chi connectivity index (χ0) is 12.0. The number of hydrogen-bond acceptors (Lipinski definition) is 4. The molecule has 1 rings (SSSR count). The number of methoxy groups -OCH3 is 1. The second kappa shape index (κ2) is 6.44. The van der Waals surface area contributed by atoms with Crippen molar-refractivity contribution < 1.29 is 14.3 Å². The van der Waals surface area contributed by atoms with Gasteiger partial charge in [0.25, 0.3) is 0 Å². The highest BCUT2D eigenvalue weighted by Crippen LogP contribution is 1.99. The van der Waals surface area contributed by atoms with Crippen molar-refractivity contribution in [2.45, 2.75) is 0 Å². The quantitative estimate of drug-likeness (QED) is 0.474. The van der Waals surface area contributed by atoms with Crippen LogP contribution in [0.25, 0.3) is 0 Å². The molecule has 0 aromatic heterocycles. The number of rotatable bonds is 3. The molecule has 0 aliphatic carbocycles. The summed E-state index contributed by atoms with van der Waals surface area (Å²) in [5, 5.41) is 2.52. The third kappa shape index (κ3) is 3.79. The van der Waals surface area contributed by atoms with Crippen molar-refractivity contribution >= 4 is 11.8 Å². The summed E-state index contributed by atoms with van der Waals surface area (Å²) >= 11 is 0. The SMILES string of the molecule is COCCNC(=O)C(=O)N1CCN(C)CC1. The van der Waals surface area contributed by atoms with E-state index in [1.807, 2.05) is 7.05 Å². The zero-order valence-corrected chi connectivity index (χ0v) is 9.86. The Hall–Kier alpha value is -1.14. The van der Waals surface area contributed by atoms with Crippen molar-refractivity contribution in [3.05, 3.63) is 0 Å². The van der Waals surface area contributed by atoms with Gasteiger partial charge in [-0.2, -0.15) is 0 Å². The minimum absolute atomic E-state index is 0.370. The molecule has 92 valence electrons. The van der Waals surface area contributed by atoms with E-state index in [9.17, 15) is 9.59 Å². The Morgan fingerprint density at radius 3 is 2.44 bits per heavy atom. The molecule has 6 heteroatoms. The van der Waals surface area contributed by atoms with Gasteiger partial charge in [0.15, 0.2) is 0 Å². The summed E-state index contributed by atoms with van der Waals surface area (Å²) in [4.78, 5) is 26.8. The number of nitrogens with one attached hydrogen (secondary N) is 1. The Balaban J connectivity index is 2.30. The number of carbonyl (C=O) groups is 2. The molecule has 1 fully saturated rings. The van der Waals surface area contributed by atoms with E-state index >= 15 is 0 Å². The molecule has 2 amide bonds. The highest BCUT2D eigenvalue weighted by atomic mass is 16.5. The summed E-state index contributed by atoms with van der Waals surface area (Å²) in [5.41, 5.74) is 0. The van der Waals surface area contributed by atoms with Crippen LogP contribution in [0.2, 0.25) is 0 Å². The fourth-order valence-corrected chi connectivity index (χ4v) is 1.50. The van der Waals surface area contributed by atoms with Crippen LogP contribution in [0.5, 0.6) is 0 Å². The van der Waals surface area contributed by atoms with Crippen molar-refractivity contribution in [2.75, 3.05) is 53.5 Å². The second-order valence-electron chi connectivity index (χ2n) is 3.84. The van der Waals surface area contributed by atoms with E-state index < -0.39 is 11.8 Å². The number of amides is 2. The topological polar surface area (TPSA) is 61.9 Å². The van der Waals surface area contributed by atoms with Crippen LogP contribution >= 0.6 is 0 Å². The van der Waals surface area contributed by atoms with E-state index in [1.54, 1.807) is 12.0 Å². The van der Waals surface area contributed by atoms with E-state index in [2.05, 4.69) is 10.2 Å². The lowest BCUT2D eigenvalue weighted by atomic mass is 10.3. The maximum Gasteiger partial charge on any atom is 0.311 e. The van der Waals surface area contributed by atoms with Crippen LogP contribution in [0.15, 0.2) is 0 Å². The van der Waals surface area contributed by atoms with Gasteiger partial charge in [-0.1, -0.05) is 0 Å². The van der Waals surface area contributed by atoms with E-state index in [-0.39, 0.29) is 0 Å². The Kier molecular flexibility index (Phi) is 5.21. The first-order chi connectivity index (χ1) is 7.65. The number of likely N-dealkylation sites (N-methyl/N-ethyl adjacent to an activating group) is 1. The average Bonchev–Trinajstić information content (AvgIpc) is 2.29. The van der Waals surface area contributed by atoms with Gasteiger partial charge >= 0.3 is 11.8 Å². The number of nitrogens with zero attached hydrogens (tertiary/aromatic N) is 2. The lowest BCUT2D eigenvalue weighted by molar-refractivity contribution is -0.146. The van der Waals surface area contributed by atoms with E-state index in [4.69, 9.17) is 4.74 Å². The maximum atomic E-state index is 11.7. The number of piperazine rings is 1. The van der Waals surface area contributed by atoms with Gasteiger partial charge in [0.2, 0.25) is 0 Å². The molecule has 0 atom stereocenters. The van der Waals surface area contributed by atoms with Gasteiger partial charge < -0.3 is 19.9 Å². The Bertz CT molecular complexity index is 250. The molecule has 0 aromatic rings. The normalized spacial score (nSPS) is 17.2. The van der Waals surface area contributed by atoms with Gasteiger partial charge in [0, 0.05) is 39.8 Å². The summed E-state index contributed by atoms with van der Waals surface area (Å²) in [6.45, 7) is 3.66. The summed E-state index contributed by atoms with van der Waals surface area (Å²) < 4.78 is 4.79. The fourth-order valence-electron chi connectivity index (χ4n) is 1.50. The molecular formula is C10H19N3O3. The van der Waals surface area contributed by atoms with E-state index in [0.717, 1.165) is 13.1 Å².